The molecule has 1 aliphatic rings. The van der Waals surface area contributed by atoms with Gasteiger partial charge in [-0.2, -0.15) is 0 Å². The van der Waals surface area contributed by atoms with Crippen LogP contribution in [0.4, 0.5) is 0 Å². The summed E-state index contributed by atoms with van der Waals surface area (Å²) in [7, 11) is 0. The zero-order chi connectivity index (χ0) is 18.5. The van der Waals surface area contributed by atoms with Gasteiger partial charge >= 0.3 is 0 Å². The van der Waals surface area contributed by atoms with E-state index in [0.29, 0.717) is 12.3 Å². The first-order valence-electron chi connectivity index (χ1n) is 9.39. The van der Waals surface area contributed by atoms with E-state index in [9.17, 15) is 4.79 Å². The third kappa shape index (κ3) is 4.11. The maximum atomic E-state index is 12.6. The monoisotopic (exact) mass is 365 g/mol. The van der Waals surface area contributed by atoms with E-state index in [0.717, 1.165) is 24.4 Å². The Morgan fingerprint density at radius 1 is 1.11 bits per heavy atom. The molecule has 0 aliphatic carbocycles. The Labute approximate surface area is 158 Å². The van der Waals surface area contributed by atoms with Crippen LogP contribution in [-0.2, 0) is 0 Å². The summed E-state index contributed by atoms with van der Waals surface area (Å²) in [4.78, 5) is 14.9. The number of rotatable bonds is 6. The van der Waals surface area contributed by atoms with E-state index in [1.165, 1.54) is 19.3 Å². The number of benzene rings is 1. The van der Waals surface area contributed by atoms with Gasteiger partial charge in [-0.1, -0.05) is 41.9 Å². The molecule has 0 bridgehead atoms. The van der Waals surface area contributed by atoms with Crippen LogP contribution in [0.3, 0.4) is 0 Å². The predicted octanol–water partition coefficient (Wildman–Crippen LogP) is 3.89. The fourth-order valence-electron chi connectivity index (χ4n) is 3.52. The molecule has 0 radical (unpaired) electrons. The van der Waals surface area contributed by atoms with Crippen LogP contribution in [0.1, 0.15) is 41.6 Å². The number of nitrogens with one attached hydrogen (secondary N) is 1. The lowest BCUT2D eigenvalue weighted by Crippen LogP contribution is -2.40. The van der Waals surface area contributed by atoms with Crippen LogP contribution in [0, 0.1) is 0 Å². The van der Waals surface area contributed by atoms with Crippen LogP contribution < -0.4 is 5.32 Å². The second-order valence-corrected chi connectivity index (χ2v) is 6.78. The topological polar surface area (TPSA) is 71.5 Å². The van der Waals surface area contributed by atoms with Gasteiger partial charge in [0.25, 0.3) is 5.91 Å². The van der Waals surface area contributed by atoms with Gasteiger partial charge in [-0.25, -0.2) is 0 Å². The van der Waals surface area contributed by atoms with E-state index in [-0.39, 0.29) is 17.6 Å². The number of furan rings is 1. The second kappa shape index (κ2) is 8.22. The van der Waals surface area contributed by atoms with Gasteiger partial charge in [-0.15, -0.1) is 0 Å². The van der Waals surface area contributed by atoms with Crippen LogP contribution in [0.15, 0.2) is 63.7 Å². The lowest BCUT2D eigenvalue weighted by atomic mass is 10.1. The number of carbonyl (C=O) groups excluding carboxylic acids is 1. The van der Waals surface area contributed by atoms with Crippen molar-refractivity contribution in [2.45, 2.75) is 25.3 Å². The molecule has 1 saturated heterocycles. The largest absolute Gasteiger partial charge is 0.468 e. The standard InChI is InChI=1S/C21H23N3O3/c25-21(17-14-20(27-23-17)16-8-3-1-4-9-16)22-15-18(19-10-7-13-26-19)24-11-5-2-6-12-24/h1,3-4,7-10,13-14,18H,2,5-6,11-12,15H2,(H,22,25)/t18-/m0/s1. The van der Waals surface area contributed by atoms with Crippen LogP contribution in [0.5, 0.6) is 0 Å². The average Bonchev–Trinajstić information content (AvgIpc) is 3.42. The van der Waals surface area contributed by atoms with Crippen LogP contribution in [-0.4, -0.2) is 35.6 Å². The van der Waals surface area contributed by atoms with Gasteiger partial charge in [0.1, 0.15) is 5.76 Å². The number of nitrogens with zero attached hydrogens (tertiary/aromatic N) is 2. The van der Waals surface area contributed by atoms with Crippen molar-refractivity contribution in [3.8, 4) is 11.3 Å². The van der Waals surface area contributed by atoms with E-state index in [4.69, 9.17) is 8.94 Å². The number of likely N-dealkylation sites (tertiary alicyclic amines) is 1. The van der Waals surface area contributed by atoms with Crippen LogP contribution >= 0.6 is 0 Å². The molecule has 0 saturated carbocycles. The molecule has 1 amide bonds. The molecule has 1 fully saturated rings. The SMILES string of the molecule is O=C(NC[C@@H](c1ccco1)N1CCCCC1)c1cc(-c2ccccc2)on1. The smallest absolute Gasteiger partial charge is 0.273 e. The van der Waals surface area contributed by atoms with Gasteiger partial charge < -0.3 is 14.3 Å². The number of amides is 1. The lowest BCUT2D eigenvalue weighted by molar-refractivity contribution is 0.0905. The summed E-state index contributed by atoms with van der Waals surface area (Å²) in [6.07, 6.45) is 5.29. The minimum atomic E-state index is -0.241. The number of carbonyl (C=O) groups is 1. The van der Waals surface area contributed by atoms with Gasteiger partial charge in [0.05, 0.1) is 12.3 Å². The summed E-state index contributed by atoms with van der Waals surface area (Å²) >= 11 is 0. The van der Waals surface area contributed by atoms with Crippen molar-refractivity contribution < 1.29 is 13.7 Å². The van der Waals surface area contributed by atoms with Crippen molar-refractivity contribution in [1.29, 1.82) is 0 Å². The van der Waals surface area contributed by atoms with Crippen molar-refractivity contribution in [1.82, 2.24) is 15.4 Å². The molecule has 3 heterocycles. The molecule has 140 valence electrons. The van der Waals surface area contributed by atoms with Gasteiger partial charge in [-0.3, -0.25) is 9.69 Å². The summed E-state index contributed by atoms with van der Waals surface area (Å²) in [6, 6.07) is 15.2. The minimum absolute atomic E-state index is 0.0322. The number of hydrogen-bond acceptors (Lipinski definition) is 5. The fourth-order valence-corrected chi connectivity index (χ4v) is 3.52. The first-order chi connectivity index (χ1) is 13.3. The van der Waals surface area contributed by atoms with Crippen molar-refractivity contribution in [2.75, 3.05) is 19.6 Å². The molecular weight excluding hydrogens is 342 g/mol. The summed E-state index contributed by atoms with van der Waals surface area (Å²) in [6.45, 7) is 2.51. The van der Waals surface area contributed by atoms with Gasteiger partial charge in [0, 0.05) is 18.2 Å². The molecule has 27 heavy (non-hydrogen) atoms. The number of aromatic nitrogens is 1. The molecule has 6 heteroatoms. The molecule has 2 aromatic heterocycles. The number of hydrogen-bond donors (Lipinski definition) is 1. The Kier molecular flexibility index (Phi) is 5.34. The lowest BCUT2D eigenvalue weighted by Gasteiger charge is -2.33. The highest BCUT2D eigenvalue weighted by Gasteiger charge is 2.25. The van der Waals surface area contributed by atoms with E-state index >= 15 is 0 Å². The normalized spacial score (nSPS) is 16.1. The predicted molar refractivity (Wildman–Crippen MR) is 101 cm³/mol. The molecule has 4 rings (SSSR count). The Balaban J connectivity index is 1.43. The summed E-state index contributed by atoms with van der Waals surface area (Å²) < 4.78 is 10.9. The van der Waals surface area contributed by atoms with E-state index < -0.39 is 0 Å². The van der Waals surface area contributed by atoms with Crippen molar-refractivity contribution in [3.63, 3.8) is 0 Å². The number of piperidine rings is 1. The molecular formula is C21H23N3O3. The van der Waals surface area contributed by atoms with Crippen LogP contribution in [0.25, 0.3) is 11.3 Å². The minimum Gasteiger partial charge on any atom is -0.468 e. The summed E-state index contributed by atoms with van der Waals surface area (Å²) in [5, 5.41) is 6.91. The molecule has 0 spiro atoms. The van der Waals surface area contributed by atoms with Crippen molar-refractivity contribution in [3.05, 3.63) is 66.2 Å². The maximum Gasteiger partial charge on any atom is 0.273 e. The average molecular weight is 365 g/mol. The molecule has 3 aromatic rings. The zero-order valence-electron chi connectivity index (χ0n) is 15.1. The Hall–Kier alpha value is -2.86. The molecule has 1 atom stereocenters. The quantitative estimate of drug-likeness (QED) is 0.717. The highest BCUT2D eigenvalue weighted by Crippen LogP contribution is 2.25. The van der Waals surface area contributed by atoms with Crippen molar-refractivity contribution >= 4 is 5.91 Å². The third-order valence-electron chi connectivity index (χ3n) is 4.96. The van der Waals surface area contributed by atoms with E-state index in [1.807, 2.05) is 42.5 Å². The molecule has 1 aromatic carbocycles. The molecule has 1 N–H and O–H groups in total. The van der Waals surface area contributed by atoms with E-state index in [2.05, 4.69) is 15.4 Å². The van der Waals surface area contributed by atoms with Crippen LogP contribution in [0.2, 0.25) is 0 Å². The van der Waals surface area contributed by atoms with E-state index in [1.54, 1.807) is 12.3 Å². The first-order valence-corrected chi connectivity index (χ1v) is 9.39. The maximum absolute atomic E-state index is 12.6. The Morgan fingerprint density at radius 2 is 1.93 bits per heavy atom. The Morgan fingerprint density at radius 3 is 2.67 bits per heavy atom. The highest BCUT2D eigenvalue weighted by atomic mass is 16.5. The zero-order valence-corrected chi connectivity index (χ0v) is 15.1. The Bertz CT molecular complexity index is 852. The van der Waals surface area contributed by atoms with Gasteiger partial charge in [-0.05, 0) is 38.1 Å². The first kappa shape index (κ1) is 17.5. The third-order valence-corrected chi connectivity index (χ3v) is 4.96. The van der Waals surface area contributed by atoms with Gasteiger partial charge in [0.2, 0.25) is 0 Å². The van der Waals surface area contributed by atoms with Gasteiger partial charge in [0.15, 0.2) is 11.5 Å². The molecule has 1 aliphatic heterocycles. The summed E-state index contributed by atoms with van der Waals surface area (Å²) in [5.74, 6) is 1.22. The second-order valence-electron chi connectivity index (χ2n) is 6.78. The molecule has 6 nitrogen and oxygen atoms in total. The summed E-state index contributed by atoms with van der Waals surface area (Å²) in [5.41, 5.74) is 1.18. The highest BCUT2D eigenvalue weighted by molar-refractivity contribution is 5.93. The fraction of sp³-hybridized carbons (Fsp3) is 0.333. The van der Waals surface area contributed by atoms with Crippen molar-refractivity contribution in [2.24, 2.45) is 0 Å². The molecule has 0 unspecified atom stereocenters.